The number of anilines is 2. The fourth-order valence-corrected chi connectivity index (χ4v) is 8.11. The Bertz CT molecular complexity index is 1470. The molecule has 4 heterocycles. The molecule has 0 aliphatic carbocycles. The van der Waals surface area contributed by atoms with Crippen molar-refractivity contribution < 1.29 is 17.6 Å². The van der Waals surface area contributed by atoms with E-state index in [2.05, 4.69) is 42.6 Å². The number of benzene rings is 1. The van der Waals surface area contributed by atoms with Crippen molar-refractivity contribution >= 4 is 49.8 Å². The van der Waals surface area contributed by atoms with E-state index in [-0.39, 0.29) is 22.3 Å². The molecule has 1 N–H and O–H groups in total. The molecule has 5 rings (SSSR count). The van der Waals surface area contributed by atoms with Crippen LogP contribution >= 0.6 is 23.1 Å². The maximum atomic E-state index is 13.5. The van der Waals surface area contributed by atoms with E-state index in [9.17, 15) is 13.2 Å². The van der Waals surface area contributed by atoms with Crippen LogP contribution in [-0.4, -0.2) is 54.3 Å². The van der Waals surface area contributed by atoms with Gasteiger partial charge in [0, 0.05) is 36.8 Å². The smallest absolute Gasteiger partial charge is 0.250 e. The van der Waals surface area contributed by atoms with E-state index >= 15 is 0 Å². The topological polar surface area (TPSA) is 109 Å². The Morgan fingerprint density at radius 2 is 2.10 bits per heavy atom. The van der Waals surface area contributed by atoms with Crippen LogP contribution in [0.5, 0.6) is 0 Å². The summed E-state index contributed by atoms with van der Waals surface area (Å²) in [6.07, 6.45) is 7.15. The van der Waals surface area contributed by atoms with Crippen LogP contribution in [-0.2, 0) is 32.4 Å². The van der Waals surface area contributed by atoms with Gasteiger partial charge >= 0.3 is 0 Å². The number of thiazole rings is 1. The van der Waals surface area contributed by atoms with Gasteiger partial charge in [0.2, 0.25) is 21.8 Å². The Kier molecular flexibility index (Phi) is 7.91. The third-order valence-electron chi connectivity index (χ3n) is 6.85. The quantitative estimate of drug-likeness (QED) is 0.288. The van der Waals surface area contributed by atoms with Crippen LogP contribution in [0.15, 0.2) is 56.8 Å². The van der Waals surface area contributed by atoms with Gasteiger partial charge in [-0.15, -0.1) is 11.8 Å². The fraction of sp³-hybridized carbons (Fsp3) is 0.444. The minimum absolute atomic E-state index is 0.0336. The lowest BCUT2D eigenvalue weighted by atomic mass is 9.94. The second-order valence-electron chi connectivity index (χ2n) is 10.7. The van der Waals surface area contributed by atoms with Gasteiger partial charge in [0.25, 0.3) is 0 Å². The Morgan fingerprint density at radius 1 is 1.28 bits per heavy atom. The molecule has 2 aliphatic rings. The molecule has 3 aromatic rings. The van der Waals surface area contributed by atoms with Crippen LogP contribution in [0, 0.1) is 0 Å². The predicted molar refractivity (Wildman–Crippen MR) is 155 cm³/mol. The zero-order valence-corrected chi connectivity index (χ0v) is 24.8. The lowest BCUT2D eigenvalue weighted by molar-refractivity contribution is -0.114. The highest BCUT2D eigenvalue weighted by atomic mass is 32.2. The summed E-state index contributed by atoms with van der Waals surface area (Å²) in [6, 6.07) is 5.00. The average molecular weight is 588 g/mol. The van der Waals surface area contributed by atoms with Crippen LogP contribution in [0.3, 0.4) is 0 Å². The molecule has 1 fully saturated rings. The molecule has 2 aliphatic heterocycles. The van der Waals surface area contributed by atoms with E-state index < -0.39 is 10.0 Å². The van der Waals surface area contributed by atoms with Crippen molar-refractivity contribution in [3.05, 3.63) is 60.5 Å². The summed E-state index contributed by atoms with van der Waals surface area (Å²) in [7, 11) is -3.66. The third-order valence-corrected chi connectivity index (χ3v) is 10.8. The number of hydrogen-bond acceptors (Lipinski definition) is 9. The first kappa shape index (κ1) is 27.9. The number of nitrogens with one attached hydrogen (secondary N) is 1. The second kappa shape index (κ2) is 11.1. The molecule has 208 valence electrons. The summed E-state index contributed by atoms with van der Waals surface area (Å²) >= 11 is 3.16. The van der Waals surface area contributed by atoms with Gasteiger partial charge < -0.3 is 14.6 Å². The van der Waals surface area contributed by atoms with Gasteiger partial charge in [-0.3, -0.25) is 4.79 Å². The highest BCUT2D eigenvalue weighted by Crippen LogP contribution is 2.34. The van der Waals surface area contributed by atoms with E-state index in [0.29, 0.717) is 37.7 Å². The zero-order chi connectivity index (χ0) is 27.8. The summed E-state index contributed by atoms with van der Waals surface area (Å²) in [5, 5.41) is 4.21. The number of aromatic nitrogens is 2. The SMILES string of the molecule is C=CC(=O)N1CCc2cc(S(=O)(=O)N3CCC[C@@H](Nc4ncc(SCc5ncc(C(C)(C)C)o5)s4)C3)ccc21. The lowest BCUT2D eigenvalue weighted by Gasteiger charge is -2.32. The molecular formula is C27H33N5O4S3. The molecule has 0 saturated carbocycles. The minimum atomic E-state index is -3.66. The normalized spacial score (nSPS) is 18.2. The van der Waals surface area contributed by atoms with Crippen molar-refractivity contribution in [3.8, 4) is 0 Å². The number of carbonyl (C=O) groups excluding carboxylic acids is 1. The number of oxazole rings is 1. The predicted octanol–water partition coefficient (Wildman–Crippen LogP) is 5.06. The van der Waals surface area contributed by atoms with E-state index in [1.165, 1.54) is 6.08 Å². The van der Waals surface area contributed by atoms with Gasteiger partial charge in [-0.2, -0.15) is 4.31 Å². The number of nitrogens with zero attached hydrogens (tertiary/aromatic N) is 4. The molecule has 2 aromatic heterocycles. The van der Waals surface area contributed by atoms with Crippen molar-refractivity contribution in [3.63, 3.8) is 0 Å². The summed E-state index contributed by atoms with van der Waals surface area (Å²) in [5.41, 5.74) is 1.55. The number of piperidine rings is 1. The Hall–Kier alpha value is -2.67. The first-order valence-corrected chi connectivity index (χ1v) is 16.2. The van der Waals surface area contributed by atoms with Gasteiger partial charge in [-0.1, -0.05) is 38.7 Å². The van der Waals surface area contributed by atoms with Crippen molar-refractivity contribution in [1.82, 2.24) is 14.3 Å². The number of thioether (sulfide) groups is 1. The molecule has 0 spiro atoms. The molecule has 9 nitrogen and oxygen atoms in total. The van der Waals surface area contributed by atoms with E-state index in [1.807, 2.05) is 6.20 Å². The van der Waals surface area contributed by atoms with Crippen LogP contribution in [0.2, 0.25) is 0 Å². The molecule has 0 radical (unpaired) electrons. The molecule has 1 amide bonds. The Morgan fingerprint density at radius 3 is 2.85 bits per heavy atom. The lowest BCUT2D eigenvalue weighted by Crippen LogP contribution is -2.45. The Labute approximate surface area is 237 Å². The molecule has 0 unspecified atom stereocenters. The summed E-state index contributed by atoms with van der Waals surface area (Å²) in [6.45, 7) is 11.2. The van der Waals surface area contributed by atoms with Crippen molar-refractivity contribution in [2.45, 2.75) is 66.3 Å². The van der Waals surface area contributed by atoms with Gasteiger partial charge in [-0.05, 0) is 49.1 Å². The standard InChI is InChI=1S/C27H33N5O4S3/c1-5-24(33)32-12-10-18-13-20(8-9-21(18)32)39(34,35)31-11-6-7-19(16-31)30-26-29-15-25(38-26)37-17-23-28-14-22(36-23)27(2,3)4/h5,8-9,13-15,19H,1,6-7,10-12,16-17H2,2-4H3,(H,29,30)/t19-/m1/s1. The van der Waals surface area contributed by atoms with Crippen molar-refractivity contribution in [2.75, 3.05) is 29.9 Å². The average Bonchev–Trinajstić information content (AvgIpc) is 3.66. The molecular weight excluding hydrogens is 555 g/mol. The zero-order valence-electron chi connectivity index (χ0n) is 22.3. The number of carbonyl (C=O) groups is 1. The first-order valence-electron chi connectivity index (χ1n) is 12.9. The third kappa shape index (κ3) is 6.08. The van der Waals surface area contributed by atoms with Crippen LogP contribution in [0.25, 0.3) is 0 Å². The van der Waals surface area contributed by atoms with Crippen molar-refractivity contribution in [2.24, 2.45) is 0 Å². The minimum Gasteiger partial charge on any atom is -0.444 e. The number of fused-ring (bicyclic) bond motifs is 1. The van der Waals surface area contributed by atoms with Gasteiger partial charge in [0.05, 0.1) is 27.3 Å². The van der Waals surface area contributed by atoms with Gasteiger partial charge in [0.1, 0.15) is 5.76 Å². The van der Waals surface area contributed by atoms with E-state index in [4.69, 9.17) is 4.42 Å². The molecule has 1 atom stereocenters. The monoisotopic (exact) mass is 587 g/mol. The van der Waals surface area contributed by atoms with Crippen LogP contribution in [0.1, 0.15) is 50.8 Å². The summed E-state index contributed by atoms with van der Waals surface area (Å²) in [4.78, 5) is 22.9. The number of sulfonamides is 1. The van der Waals surface area contributed by atoms with E-state index in [0.717, 1.165) is 39.2 Å². The Balaban J connectivity index is 1.20. The molecule has 12 heteroatoms. The highest BCUT2D eigenvalue weighted by molar-refractivity contribution is 8.00. The molecule has 1 aromatic carbocycles. The van der Waals surface area contributed by atoms with E-state index in [1.54, 1.807) is 56.7 Å². The van der Waals surface area contributed by atoms with Crippen LogP contribution in [0.4, 0.5) is 10.8 Å². The maximum absolute atomic E-state index is 13.5. The number of amides is 1. The van der Waals surface area contributed by atoms with Crippen LogP contribution < -0.4 is 10.2 Å². The maximum Gasteiger partial charge on any atom is 0.250 e. The summed E-state index contributed by atoms with van der Waals surface area (Å²) < 4.78 is 35.5. The fourth-order valence-electron chi connectivity index (χ4n) is 4.73. The van der Waals surface area contributed by atoms with Gasteiger partial charge in [-0.25, -0.2) is 18.4 Å². The molecule has 39 heavy (non-hydrogen) atoms. The molecule has 0 bridgehead atoms. The number of hydrogen-bond donors (Lipinski definition) is 1. The summed E-state index contributed by atoms with van der Waals surface area (Å²) in [5.74, 6) is 2.00. The first-order chi connectivity index (χ1) is 18.5. The molecule has 1 saturated heterocycles. The second-order valence-corrected chi connectivity index (χ2v) is 15.0. The number of rotatable bonds is 8. The van der Waals surface area contributed by atoms with Crippen molar-refractivity contribution in [1.29, 1.82) is 0 Å². The highest BCUT2D eigenvalue weighted by Gasteiger charge is 2.32. The largest absolute Gasteiger partial charge is 0.444 e. The van der Waals surface area contributed by atoms with Gasteiger partial charge in [0.15, 0.2) is 5.13 Å².